The number of ether oxygens (including phenoxy) is 1. The summed E-state index contributed by atoms with van der Waals surface area (Å²) in [7, 11) is 3.15. The summed E-state index contributed by atoms with van der Waals surface area (Å²) >= 11 is 1.40. The first kappa shape index (κ1) is 10.9. The fourth-order valence-corrected chi connectivity index (χ4v) is 1.53. The van der Waals surface area contributed by atoms with Gasteiger partial charge >= 0.3 is 5.97 Å². The standard InChI is InChI=1S/C9H12N2O2S/c1-11-14-8-4-3-6(5-7(8)10)9(12)13-2/h3-5,11H,10H2,1-2H3. The number of methoxy groups -OCH3 is 1. The Hall–Kier alpha value is -1.20. The van der Waals surface area contributed by atoms with Crippen LogP contribution in [0.3, 0.4) is 0 Å². The fourth-order valence-electron chi connectivity index (χ4n) is 0.996. The van der Waals surface area contributed by atoms with Gasteiger partial charge in [-0.05, 0) is 37.2 Å². The number of nitrogen functional groups attached to an aromatic ring is 1. The average molecular weight is 212 g/mol. The molecule has 5 heteroatoms. The molecule has 14 heavy (non-hydrogen) atoms. The van der Waals surface area contributed by atoms with E-state index in [9.17, 15) is 4.79 Å². The number of carbonyl (C=O) groups excluding carboxylic acids is 1. The lowest BCUT2D eigenvalue weighted by atomic mass is 10.2. The Morgan fingerprint density at radius 3 is 2.79 bits per heavy atom. The Balaban J connectivity index is 2.94. The second-order valence-corrected chi connectivity index (χ2v) is 3.60. The van der Waals surface area contributed by atoms with Crippen LogP contribution < -0.4 is 10.5 Å². The predicted molar refractivity (Wildman–Crippen MR) is 57.1 cm³/mol. The maximum absolute atomic E-state index is 11.1. The number of nitrogens with one attached hydrogen (secondary N) is 1. The van der Waals surface area contributed by atoms with Crippen LogP contribution in [0.1, 0.15) is 10.4 Å². The molecule has 0 atom stereocenters. The molecular formula is C9H12N2O2S. The first-order chi connectivity index (χ1) is 6.69. The number of benzene rings is 1. The van der Waals surface area contributed by atoms with Gasteiger partial charge in [0.15, 0.2) is 0 Å². The third-order valence-electron chi connectivity index (χ3n) is 1.64. The lowest BCUT2D eigenvalue weighted by Crippen LogP contribution is -2.03. The molecule has 1 aromatic rings. The summed E-state index contributed by atoms with van der Waals surface area (Å²) in [6.07, 6.45) is 0. The van der Waals surface area contributed by atoms with Gasteiger partial charge in [0, 0.05) is 10.6 Å². The molecule has 76 valence electrons. The van der Waals surface area contributed by atoms with Gasteiger partial charge in [-0.2, -0.15) is 0 Å². The van der Waals surface area contributed by atoms with Crippen molar-refractivity contribution in [3.63, 3.8) is 0 Å². The summed E-state index contributed by atoms with van der Waals surface area (Å²) in [5.41, 5.74) is 6.76. The number of rotatable bonds is 3. The number of nitrogens with two attached hydrogens (primary N) is 1. The summed E-state index contributed by atoms with van der Waals surface area (Å²) in [5, 5.41) is 0. The average Bonchev–Trinajstić information content (AvgIpc) is 2.20. The molecule has 0 saturated carbocycles. The van der Waals surface area contributed by atoms with Gasteiger partial charge in [-0.15, -0.1) is 0 Å². The Labute approximate surface area is 86.9 Å². The number of hydrogen-bond acceptors (Lipinski definition) is 5. The van der Waals surface area contributed by atoms with Crippen molar-refractivity contribution < 1.29 is 9.53 Å². The highest BCUT2D eigenvalue weighted by atomic mass is 32.2. The van der Waals surface area contributed by atoms with E-state index >= 15 is 0 Å². The van der Waals surface area contributed by atoms with Crippen molar-refractivity contribution in [2.24, 2.45) is 0 Å². The number of carbonyl (C=O) groups is 1. The van der Waals surface area contributed by atoms with E-state index in [4.69, 9.17) is 5.73 Å². The van der Waals surface area contributed by atoms with Crippen molar-refractivity contribution in [2.45, 2.75) is 4.90 Å². The van der Waals surface area contributed by atoms with Crippen LogP contribution >= 0.6 is 11.9 Å². The van der Waals surface area contributed by atoms with Crippen molar-refractivity contribution in [2.75, 3.05) is 19.9 Å². The van der Waals surface area contributed by atoms with E-state index in [1.54, 1.807) is 25.2 Å². The van der Waals surface area contributed by atoms with E-state index in [2.05, 4.69) is 9.46 Å². The van der Waals surface area contributed by atoms with Crippen LogP contribution in [0.2, 0.25) is 0 Å². The van der Waals surface area contributed by atoms with Crippen molar-refractivity contribution in [3.05, 3.63) is 23.8 Å². The van der Waals surface area contributed by atoms with Gasteiger partial charge in [0.25, 0.3) is 0 Å². The molecule has 0 aliphatic heterocycles. The molecule has 0 radical (unpaired) electrons. The predicted octanol–water partition coefficient (Wildman–Crippen LogP) is 1.28. The first-order valence-corrected chi connectivity index (χ1v) is 4.82. The van der Waals surface area contributed by atoms with Gasteiger partial charge in [-0.25, -0.2) is 4.79 Å². The second kappa shape index (κ2) is 4.88. The Morgan fingerprint density at radius 2 is 2.29 bits per heavy atom. The third kappa shape index (κ3) is 2.40. The van der Waals surface area contributed by atoms with E-state index in [-0.39, 0.29) is 5.97 Å². The molecular weight excluding hydrogens is 200 g/mol. The molecule has 0 fully saturated rings. The fraction of sp³-hybridized carbons (Fsp3) is 0.222. The van der Waals surface area contributed by atoms with Crippen LogP contribution in [0.25, 0.3) is 0 Å². The molecule has 4 nitrogen and oxygen atoms in total. The van der Waals surface area contributed by atoms with Gasteiger partial charge < -0.3 is 10.5 Å². The number of hydrogen-bond donors (Lipinski definition) is 2. The molecule has 1 aromatic carbocycles. The highest BCUT2D eigenvalue weighted by molar-refractivity contribution is 7.97. The zero-order valence-corrected chi connectivity index (χ0v) is 8.85. The monoisotopic (exact) mass is 212 g/mol. The van der Waals surface area contributed by atoms with Crippen LogP contribution in [-0.4, -0.2) is 20.1 Å². The topological polar surface area (TPSA) is 64.3 Å². The SMILES string of the molecule is CNSc1ccc(C(=O)OC)cc1N. The Morgan fingerprint density at radius 1 is 1.57 bits per heavy atom. The van der Waals surface area contributed by atoms with Crippen LogP contribution in [0.4, 0.5) is 5.69 Å². The number of esters is 1. The molecule has 0 heterocycles. The van der Waals surface area contributed by atoms with Crippen LogP contribution in [0.15, 0.2) is 23.1 Å². The van der Waals surface area contributed by atoms with Crippen LogP contribution in [0.5, 0.6) is 0 Å². The summed E-state index contributed by atoms with van der Waals surface area (Å²) in [5.74, 6) is -0.377. The highest BCUT2D eigenvalue weighted by Crippen LogP contribution is 2.23. The lowest BCUT2D eigenvalue weighted by molar-refractivity contribution is 0.0600. The molecule has 0 amide bonds. The third-order valence-corrected chi connectivity index (χ3v) is 2.44. The van der Waals surface area contributed by atoms with Gasteiger partial charge in [-0.3, -0.25) is 4.72 Å². The molecule has 0 saturated heterocycles. The van der Waals surface area contributed by atoms with Crippen molar-refractivity contribution in [3.8, 4) is 0 Å². The zero-order chi connectivity index (χ0) is 10.6. The summed E-state index contributed by atoms with van der Waals surface area (Å²) in [6.45, 7) is 0. The summed E-state index contributed by atoms with van der Waals surface area (Å²) in [4.78, 5) is 12.0. The van der Waals surface area contributed by atoms with Gasteiger partial charge in [0.05, 0.1) is 12.7 Å². The maximum atomic E-state index is 11.1. The van der Waals surface area contributed by atoms with Gasteiger partial charge in [0.2, 0.25) is 0 Å². The smallest absolute Gasteiger partial charge is 0.337 e. The van der Waals surface area contributed by atoms with Crippen LogP contribution in [0, 0.1) is 0 Å². The maximum Gasteiger partial charge on any atom is 0.337 e. The summed E-state index contributed by atoms with van der Waals surface area (Å²) < 4.78 is 7.48. The normalized spacial score (nSPS) is 9.86. The quantitative estimate of drug-likeness (QED) is 0.449. The molecule has 1 rings (SSSR count). The van der Waals surface area contributed by atoms with E-state index in [1.165, 1.54) is 19.1 Å². The van der Waals surface area contributed by atoms with Crippen molar-refractivity contribution in [1.29, 1.82) is 0 Å². The zero-order valence-electron chi connectivity index (χ0n) is 8.03. The largest absolute Gasteiger partial charge is 0.465 e. The van der Waals surface area contributed by atoms with E-state index < -0.39 is 0 Å². The molecule has 0 aliphatic carbocycles. The molecule has 0 bridgehead atoms. The molecule has 0 aromatic heterocycles. The minimum atomic E-state index is -0.377. The van der Waals surface area contributed by atoms with E-state index in [1.807, 2.05) is 0 Å². The number of anilines is 1. The van der Waals surface area contributed by atoms with Crippen LogP contribution in [-0.2, 0) is 4.74 Å². The summed E-state index contributed by atoms with van der Waals surface area (Å²) in [6, 6.07) is 5.07. The first-order valence-electron chi connectivity index (χ1n) is 4.00. The molecule has 0 spiro atoms. The van der Waals surface area contributed by atoms with Gasteiger partial charge in [0.1, 0.15) is 0 Å². The minimum absolute atomic E-state index is 0.377. The van der Waals surface area contributed by atoms with E-state index in [0.717, 1.165) is 4.90 Å². The lowest BCUT2D eigenvalue weighted by Gasteiger charge is -2.05. The second-order valence-electron chi connectivity index (χ2n) is 2.55. The van der Waals surface area contributed by atoms with Crippen molar-refractivity contribution in [1.82, 2.24) is 4.72 Å². The minimum Gasteiger partial charge on any atom is -0.465 e. The van der Waals surface area contributed by atoms with E-state index in [0.29, 0.717) is 11.3 Å². The Bertz CT molecular complexity index is 342. The molecule has 3 N–H and O–H groups in total. The van der Waals surface area contributed by atoms with Crippen molar-refractivity contribution >= 4 is 23.6 Å². The van der Waals surface area contributed by atoms with Gasteiger partial charge in [-0.1, -0.05) is 0 Å². The highest BCUT2D eigenvalue weighted by Gasteiger charge is 2.07. The molecule has 0 unspecified atom stereocenters. The molecule has 0 aliphatic rings. The Kier molecular flexibility index (Phi) is 3.79.